The molecule has 0 aliphatic carbocycles. The highest BCUT2D eigenvalue weighted by Gasteiger charge is 2.20. The van der Waals surface area contributed by atoms with E-state index < -0.39 is 0 Å². The number of nitrogens with one attached hydrogen (secondary N) is 1. The van der Waals surface area contributed by atoms with E-state index in [9.17, 15) is 4.79 Å². The molecule has 0 aliphatic heterocycles. The third-order valence-electron chi connectivity index (χ3n) is 4.82. The molecule has 30 heavy (non-hydrogen) atoms. The van der Waals surface area contributed by atoms with Gasteiger partial charge in [-0.15, -0.1) is 0 Å². The topological polar surface area (TPSA) is 58.9 Å². The summed E-state index contributed by atoms with van der Waals surface area (Å²) in [6.07, 6.45) is 0. The second kappa shape index (κ2) is 7.48. The highest BCUT2D eigenvalue weighted by atomic mass is 35.5. The van der Waals surface area contributed by atoms with Crippen LogP contribution >= 0.6 is 23.2 Å². The Labute approximate surface area is 181 Å². The van der Waals surface area contributed by atoms with Gasteiger partial charge in [0.15, 0.2) is 11.5 Å². The lowest BCUT2D eigenvalue weighted by Gasteiger charge is -2.05. The van der Waals surface area contributed by atoms with Gasteiger partial charge >= 0.3 is 0 Å². The van der Waals surface area contributed by atoms with Crippen molar-refractivity contribution in [3.63, 3.8) is 0 Å². The molecular weight excluding hydrogens is 419 g/mol. The van der Waals surface area contributed by atoms with Crippen LogP contribution in [0.25, 0.3) is 44.9 Å². The maximum absolute atomic E-state index is 12.9. The minimum atomic E-state index is -0.368. The number of furan rings is 1. The van der Waals surface area contributed by atoms with Gasteiger partial charge in [-0.25, -0.2) is 4.98 Å². The summed E-state index contributed by atoms with van der Waals surface area (Å²) in [5, 5.41) is 0.714. The predicted octanol–water partition coefficient (Wildman–Crippen LogP) is 6.82. The first kappa shape index (κ1) is 18.7. The smallest absolute Gasteiger partial charge is 0.278 e. The molecule has 4 nitrogen and oxygen atoms in total. The number of halogens is 2. The maximum atomic E-state index is 12.9. The molecule has 5 rings (SSSR count). The largest absolute Gasteiger partial charge is 0.454 e. The van der Waals surface area contributed by atoms with Gasteiger partial charge < -0.3 is 9.40 Å². The molecule has 146 valence electrons. The molecule has 0 fully saturated rings. The number of rotatable bonds is 3. The van der Waals surface area contributed by atoms with Gasteiger partial charge in [-0.1, -0.05) is 83.9 Å². The molecule has 2 heterocycles. The number of H-pyrrole nitrogens is 1. The first-order chi connectivity index (χ1) is 14.6. The van der Waals surface area contributed by atoms with Gasteiger partial charge in [-0.3, -0.25) is 4.79 Å². The summed E-state index contributed by atoms with van der Waals surface area (Å²) in [7, 11) is 0. The van der Waals surface area contributed by atoms with Crippen LogP contribution in [0.1, 0.15) is 0 Å². The lowest BCUT2D eigenvalue weighted by atomic mass is 10.0. The van der Waals surface area contributed by atoms with Crippen LogP contribution in [0.3, 0.4) is 0 Å². The molecule has 0 atom stereocenters. The van der Waals surface area contributed by atoms with Crippen molar-refractivity contribution in [3.05, 3.63) is 99.3 Å². The molecule has 0 saturated heterocycles. The Hall–Kier alpha value is -3.34. The third-order valence-corrected chi connectivity index (χ3v) is 5.55. The van der Waals surface area contributed by atoms with Crippen molar-refractivity contribution < 1.29 is 4.42 Å². The normalized spacial score (nSPS) is 11.1. The minimum absolute atomic E-state index is 0.182. The summed E-state index contributed by atoms with van der Waals surface area (Å²) in [6, 6.07) is 24.6. The van der Waals surface area contributed by atoms with E-state index in [0.29, 0.717) is 32.6 Å². The number of hydrogen-bond donors (Lipinski definition) is 1. The molecule has 1 N–H and O–H groups in total. The third kappa shape index (κ3) is 3.30. The first-order valence-corrected chi connectivity index (χ1v) is 10.00. The van der Waals surface area contributed by atoms with E-state index in [1.165, 1.54) is 0 Å². The Balaban J connectivity index is 1.77. The van der Waals surface area contributed by atoms with Crippen molar-refractivity contribution >= 4 is 34.2 Å². The number of aromatic nitrogens is 2. The van der Waals surface area contributed by atoms with Crippen molar-refractivity contribution in [1.29, 1.82) is 0 Å². The summed E-state index contributed by atoms with van der Waals surface area (Å²) >= 11 is 12.2. The van der Waals surface area contributed by atoms with Gasteiger partial charge in [-0.2, -0.15) is 0 Å². The Kier molecular flexibility index (Phi) is 4.66. The van der Waals surface area contributed by atoms with Crippen LogP contribution in [0.5, 0.6) is 0 Å². The van der Waals surface area contributed by atoms with Gasteiger partial charge in [0.2, 0.25) is 0 Å². The fraction of sp³-hybridized carbons (Fsp3) is 0. The summed E-state index contributed by atoms with van der Waals surface area (Å²) in [4.78, 5) is 20.3. The van der Waals surface area contributed by atoms with Crippen molar-refractivity contribution in [2.24, 2.45) is 0 Å². The molecule has 0 unspecified atom stereocenters. The molecule has 0 amide bonds. The van der Waals surface area contributed by atoms with Crippen LogP contribution in [0.2, 0.25) is 10.0 Å². The van der Waals surface area contributed by atoms with E-state index in [-0.39, 0.29) is 11.3 Å². The molecular formula is C24H14Cl2N2O2. The van der Waals surface area contributed by atoms with E-state index in [1.807, 2.05) is 66.7 Å². The van der Waals surface area contributed by atoms with Crippen molar-refractivity contribution in [2.75, 3.05) is 0 Å². The number of benzene rings is 3. The second-order valence-electron chi connectivity index (χ2n) is 6.78. The molecule has 3 aromatic carbocycles. The monoisotopic (exact) mass is 432 g/mol. The molecule has 0 radical (unpaired) electrons. The summed E-state index contributed by atoms with van der Waals surface area (Å²) in [6.45, 7) is 0. The van der Waals surface area contributed by atoms with Crippen molar-refractivity contribution in [2.45, 2.75) is 0 Å². The van der Waals surface area contributed by atoms with Crippen molar-refractivity contribution in [3.8, 4) is 33.9 Å². The van der Waals surface area contributed by atoms with Gasteiger partial charge in [-0.05, 0) is 23.8 Å². The summed E-state index contributed by atoms with van der Waals surface area (Å²) in [5.74, 6) is 1.05. The zero-order chi connectivity index (χ0) is 20.7. The fourth-order valence-corrected chi connectivity index (χ4v) is 3.70. The highest BCUT2D eigenvalue weighted by Crippen LogP contribution is 2.37. The molecule has 0 saturated carbocycles. The van der Waals surface area contributed by atoms with Gasteiger partial charge in [0.05, 0.1) is 21.1 Å². The number of hydrogen-bond acceptors (Lipinski definition) is 3. The number of fused-ring (bicyclic) bond motifs is 1. The molecule has 2 aromatic heterocycles. The summed E-state index contributed by atoms with van der Waals surface area (Å²) < 4.78 is 6.18. The Bertz CT molecular complexity index is 1420. The van der Waals surface area contributed by atoms with E-state index in [4.69, 9.17) is 27.6 Å². The molecule has 0 bridgehead atoms. The highest BCUT2D eigenvalue weighted by molar-refractivity contribution is 6.42. The standard InChI is InChI=1S/C24H14Cl2N2O2/c25-17-12-19-20(13-18(17)26)28-24(29)22(27-19)23-16(14-7-3-1-4-8-14)11-21(30-23)15-9-5-2-6-10-15/h1-13H,(H,28,29). The predicted molar refractivity (Wildman–Crippen MR) is 121 cm³/mol. The molecule has 5 aromatic rings. The molecule has 0 spiro atoms. The van der Waals surface area contributed by atoms with Crippen LogP contribution in [0, 0.1) is 0 Å². The van der Waals surface area contributed by atoms with Crippen LogP contribution in [0.15, 0.2) is 88.1 Å². The van der Waals surface area contributed by atoms with E-state index in [1.54, 1.807) is 12.1 Å². The average molecular weight is 433 g/mol. The van der Waals surface area contributed by atoms with E-state index in [0.717, 1.165) is 16.7 Å². The Morgan fingerprint density at radius 1 is 0.800 bits per heavy atom. The van der Waals surface area contributed by atoms with Gasteiger partial charge in [0.1, 0.15) is 5.76 Å². The van der Waals surface area contributed by atoms with Gasteiger partial charge in [0.25, 0.3) is 5.56 Å². The Morgan fingerprint density at radius 2 is 1.43 bits per heavy atom. The SMILES string of the molecule is O=c1[nH]c2cc(Cl)c(Cl)cc2nc1-c1oc(-c2ccccc2)cc1-c1ccccc1. The lowest BCUT2D eigenvalue weighted by molar-refractivity contribution is 0.595. The van der Waals surface area contributed by atoms with E-state index in [2.05, 4.69) is 9.97 Å². The zero-order valence-electron chi connectivity index (χ0n) is 15.5. The van der Waals surface area contributed by atoms with Crippen LogP contribution in [-0.2, 0) is 0 Å². The van der Waals surface area contributed by atoms with Gasteiger partial charge in [0, 0.05) is 11.1 Å². The molecule has 0 aliphatic rings. The van der Waals surface area contributed by atoms with Crippen LogP contribution in [0.4, 0.5) is 0 Å². The minimum Gasteiger partial charge on any atom is -0.454 e. The maximum Gasteiger partial charge on any atom is 0.278 e. The molecule has 6 heteroatoms. The number of aromatic amines is 1. The number of nitrogens with zero attached hydrogens (tertiary/aromatic N) is 1. The second-order valence-corrected chi connectivity index (χ2v) is 7.60. The summed E-state index contributed by atoms with van der Waals surface area (Å²) in [5.41, 5.74) is 3.47. The lowest BCUT2D eigenvalue weighted by Crippen LogP contribution is -2.11. The van der Waals surface area contributed by atoms with Crippen molar-refractivity contribution in [1.82, 2.24) is 9.97 Å². The Morgan fingerprint density at radius 3 is 2.13 bits per heavy atom. The first-order valence-electron chi connectivity index (χ1n) is 9.24. The van der Waals surface area contributed by atoms with Crippen LogP contribution < -0.4 is 5.56 Å². The fourth-order valence-electron chi connectivity index (χ4n) is 3.38. The quantitative estimate of drug-likeness (QED) is 0.340. The average Bonchev–Trinajstić information content (AvgIpc) is 3.21. The van der Waals surface area contributed by atoms with E-state index >= 15 is 0 Å². The zero-order valence-corrected chi connectivity index (χ0v) is 17.0. The van der Waals surface area contributed by atoms with Crippen LogP contribution in [-0.4, -0.2) is 9.97 Å².